The van der Waals surface area contributed by atoms with Crippen LogP contribution in [0.1, 0.15) is 62.8 Å². The molecular formula is C25H39FN4O4S. The van der Waals surface area contributed by atoms with Crippen LogP contribution in [-0.4, -0.2) is 70.0 Å². The van der Waals surface area contributed by atoms with Gasteiger partial charge in [0.25, 0.3) is 5.91 Å². The van der Waals surface area contributed by atoms with Crippen LogP contribution in [0.2, 0.25) is 0 Å². The Hall–Kier alpha value is -1.91. The standard InChI is InChI=1S/C25H39FN4O4S/c1-28-23-14-18(6-9-21(23)27)17-4-7-20(8-5-17)34-16-19-15-30(24(31)25(26)11-3-12-25)13-10-22(19)29-35(2,32)33/h6,9,14,17,19-20,22,28-29H,3-5,7-8,10-13,15-16,27H2,1-2H3/t17?,19-,20?,22-/m0/s1. The number of nitrogens with two attached hydrogens (primary N) is 1. The second kappa shape index (κ2) is 10.6. The highest BCUT2D eigenvalue weighted by atomic mass is 32.2. The average Bonchev–Trinajstić information content (AvgIpc) is 2.81. The largest absolute Gasteiger partial charge is 0.397 e. The van der Waals surface area contributed by atoms with E-state index >= 15 is 0 Å². The number of halogens is 1. The lowest BCUT2D eigenvalue weighted by molar-refractivity contribution is -0.153. The van der Waals surface area contributed by atoms with Crippen LogP contribution in [0, 0.1) is 5.92 Å². The van der Waals surface area contributed by atoms with Crippen LogP contribution in [0.4, 0.5) is 15.8 Å². The van der Waals surface area contributed by atoms with Gasteiger partial charge in [0.05, 0.1) is 30.3 Å². The lowest BCUT2D eigenvalue weighted by Crippen LogP contribution is -2.58. The van der Waals surface area contributed by atoms with Crippen molar-refractivity contribution in [1.82, 2.24) is 9.62 Å². The van der Waals surface area contributed by atoms with E-state index in [1.807, 2.05) is 13.1 Å². The first-order valence-corrected chi connectivity index (χ1v) is 14.6. The summed E-state index contributed by atoms with van der Waals surface area (Å²) in [4.78, 5) is 14.3. The summed E-state index contributed by atoms with van der Waals surface area (Å²) in [5, 5.41) is 3.14. The fourth-order valence-corrected chi connectivity index (χ4v) is 6.53. The predicted octanol–water partition coefficient (Wildman–Crippen LogP) is 3.01. The summed E-state index contributed by atoms with van der Waals surface area (Å²) in [7, 11) is -1.54. The molecule has 1 aromatic rings. The zero-order valence-corrected chi connectivity index (χ0v) is 21.6. The smallest absolute Gasteiger partial charge is 0.260 e. The number of hydrogen-bond acceptors (Lipinski definition) is 6. The number of anilines is 2. The molecule has 1 aliphatic heterocycles. The molecule has 2 atom stereocenters. The van der Waals surface area contributed by atoms with Crippen LogP contribution in [0.5, 0.6) is 0 Å². The molecule has 0 unspecified atom stereocenters. The molecule has 2 aliphatic carbocycles. The van der Waals surface area contributed by atoms with Gasteiger partial charge < -0.3 is 20.7 Å². The molecule has 196 valence electrons. The van der Waals surface area contributed by atoms with Crippen LogP contribution >= 0.6 is 0 Å². The Morgan fingerprint density at radius 1 is 1.23 bits per heavy atom. The van der Waals surface area contributed by atoms with Gasteiger partial charge >= 0.3 is 0 Å². The number of nitrogens with zero attached hydrogens (tertiary/aromatic N) is 1. The number of hydrogen-bond donors (Lipinski definition) is 3. The Bertz CT molecular complexity index is 1010. The number of amides is 1. The molecule has 0 bridgehead atoms. The molecule has 35 heavy (non-hydrogen) atoms. The molecule has 1 heterocycles. The second-order valence-electron chi connectivity index (χ2n) is 10.5. The number of carbonyl (C=O) groups is 1. The number of piperidine rings is 1. The Morgan fingerprint density at radius 2 is 1.94 bits per heavy atom. The van der Waals surface area contributed by atoms with E-state index in [1.165, 1.54) is 5.56 Å². The van der Waals surface area contributed by atoms with Gasteiger partial charge in [0.1, 0.15) is 0 Å². The molecule has 3 aliphatic rings. The van der Waals surface area contributed by atoms with Gasteiger partial charge in [0.2, 0.25) is 10.0 Å². The second-order valence-corrected chi connectivity index (χ2v) is 12.3. The number of ether oxygens (including phenoxy) is 1. The van der Waals surface area contributed by atoms with Crippen molar-refractivity contribution < 1.29 is 22.3 Å². The van der Waals surface area contributed by atoms with Crippen molar-refractivity contribution in [3.8, 4) is 0 Å². The maximum Gasteiger partial charge on any atom is 0.260 e. The topological polar surface area (TPSA) is 114 Å². The van der Waals surface area contributed by atoms with Crippen LogP contribution in [-0.2, 0) is 19.6 Å². The quantitative estimate of drug-likeness (QED) is 0.464. The highest BCUT2D eigenvalue weighted by Gasteiger charge is 2.48. The Labute approximate surface area is 208 Å². The van der Waals surface area contributed by atoms with E-state index in [9.17, 15) is 17.6 Å². The van der Waals surface area contributed by atoms with E-state index in [1.54, 1.807) is 4.90 Å². The van der Waals surface area contributed by atoms with Crippen LogP contribution in [0.3, 0.4) is 0 Å². The molecule has 2 saturated carbocycles. The minimum Gasteiger partial charge on any atom is -0.397 e. The van der Waals surface area contributed by atoms with Crippen LogP contribution in [0.25, 0.3) is 0 Å². The molecule has 0 aromatic heterocycles. The fraction of sp³-hybridized carbons (Fsp3) is 0.720. The highest BCUT2D eigenvalue weighted by Crippen LogP contribution is 2.39. The van der Waals surface area contributed by atoms with E-state index in [2.05, 4.69) is 22.2 Å². The molecule has 0 spiro atoms. The van der Waals surface area contributed by atoms with Crippen LogP contribution in [0.15, 0.2) is 18.2 Å². The van der Waals surface area contributed by atoms with Gasteiger partial charge in [-0.1, -0.05) is 6.07 Å². The maximum absolute atomic E-state index is 14.8. The number of likely N-dealkylation sites (tertiary alicyclic amines) is 1. The van der Waals surface area contributed by atoms with Crippen molar-refractivity contribution >= 4 is 27.3 Å². The van der Waals surface area contributed by atoms with Gasteiger partial charge in [0, 0.05) is 32.1 Å². The number of sulfonamides is 1. The Morgan fingerprint density at radius 3 is 2.54 bits per heavy atom. The number of carbonyl (C=O) groups excluding carboxylic acids is 1. The van der Waals surface area contributed by atoms with Gasteiger partial charge in [-0.3, -0.25) is 4.79 Å². The van der Waals surface area contributed by atoms with Crippen molar-refractivity contribution in [3.63, 3.8) is 0 Å². The van der Waals surface area contributed by atoms with E-state index in [-0.39, 0.29) is 30.9 Å². The van der Waals surface area contributed by atoms with E-state index < -0.39 is 21.6 Å². The first-order chi connectivity index (χ1) is 16.6. The minimum atomic E-state index is -3.40. The number of benzene rings is 1. The molecule has 8 nitrogen and oxygen atoms in total. The monoisotopic (exact) mass is 510 g/mol. The molecule has 1 saturated heterocycles. The summed E-state index contributed by atoms with van der Waals surface area (Å²) in [6.07, 6.45) is 6.82. The molecule has 4 rings (SSSR count). The van der Waals surface area contributed by atoms with Gasteiger partial charge in [0.15, 0.2) is 5.67 Å². The molecule has 10 heteroatoms. The van der Waals surface area contributed by atoms with Crippen LogP contribution < -0.4 is 15.8 Å². The number of rotatable bonds is 8. The SMILES string of the molecule is CNc1cc(C2CCC(OC[C@@H]3CN(C(=O)C4(F)CCC4)CC[C@@H]3NS(C)(=O)=O)CC2)ccc1N. The summed E-state index contributed by atoms with van der Waals surface area (Å²) in [6, 6.07) is 5.84. The van der Waals surface area contributed by atoms with Crippen molar-refractivity contribution in [1.29, 1.82) is 0 Å². The van der Waals surface area contributed by atoms with Gasteiger partial charge in [-0.15, -0.1) is 0 Å². The third kappa shape index (κ3) is 6.27. The Balaban J connectivity index is 1.33. The zero-order valence-electron chi connectivity index (χ0n) is 20.8. The first-order valence-electron chi connectivity index (χ1n) is 12.7. The van der Waals surface area contributed by atoms with E-state index in [4.69, 9.17) is 10.5 Å². The summed E-state index contributed by atoms with van der Waals surface area (Å²) in [5.74, 6) is -0.205. The normalized spacial score (nSPS) is 28.8. The zero-order chi connectivity index (χ0) is 25.2. The number of alkyl halides is 1. The molecule has 1 aromatic carbocycles. The molecular weight excluding hydrogens is 471 g/mol. The van der Waals surface area contributed by atoms with Crippen molar-refractivity contribution in [2.24, 2.45) is 5.92 Å². The number of nitrogens with one attached hydrogen (secondary N) is 2. The molecule has 4 N–H and O–H groups in total. The summed E-state index contributed by atoms with van der Waals surface area (Å²) in [5.41, 5.74) is 7.22. The average molecular weight is 511 g/mol. The van der Waals surface area contributed by atoms with Gasteiger partial charge in [-0.2, -0.15) is 0 Å². The molecule has 3 fully saturated rings. The molecule has 0 radical (unpaired) electrons. The lowest BCUT2D eigenvalue weighted by atomic mass is 9.80. The third-order valence-corrected chi connectivity index (χ3v) is 8.69. The number of nitrogen functional groups attached to an aromatic ring is 1. The third-order valence-electron chi connectivity index (χ3n) is 7.95. The highest BCUT2D eigenvalue weighted by molar-refractivity contribution is 7.88. The van der Waals surface area contributed by atoms with Crippen molar-refractivity contribution in [3.05, 3.63) is 23.8 Å². The van der Waals surface area contributed by atoms with Crippen molar-refractivity contribution in [2.45, 2.75) is 75.1 Å². The lowest BCUT2D eigenvalue weighted by Gasteiger charge is -2.43. The summed E-state index contributed by atoms with van der Waals surface area (Å²) >= 11 is 0. The summed E-state index contributed by atoms with van der Waals surface area (Å²) < 4.78 is 47.6. The minimum absolute atomic E-state index is 0.0907. The fourth-order valence-electron chi connectivity index (χ4n) is 5.67. The van der Waals surface area contributed by atoms with Gasteiger partial charge in [-0.05, 0) is 75.0 Å². The maximum atomic E-state index is 14.8. The van der Waals surface area contributed by atoms with E-state index in [0.717, 1.165) is 49.7 Å². The first kappa shape index (κ1) is 26.2. The Kier molecular flexibility index (Phi) is 7.92. The summed E-state index contributed by atoms with van der Waals surface area (Å²) in [6.45, 7) is 1.01. The van der Waals surface area contributed by atoms with Gasteiger partial charge in [-0.25, -0.2) is 17.5 Å². The molecule has 1 amide bonds. The predicted molar refractivity (Wildman–Crippen MR) is 135 cm³/mol. The van der Waals surface area contributed by atoms with E-state index in [0.29, 0.717) is 32.0 Å². The van der Waals surface area contributed by atoms with Crippen molar-refractivity contribution in [2.75, 3.05) is 44.1 Å².